The molecule has 7 nitrogen and oxygen atoms in total. The van der Waals surface area contributed by atoms with E-state index in [4.69, 9.17) is 5.53 Å². The third-order valence-corrected chi connectivity index (χ3v) is 2.07. The standard InChI is InChI=1S/C9H5N5O2/c10-13-12-8-4-3-7-6(2-1-5-11-7)9(8)14(15)16/h1-5H. The Hall–Kier alpha value is -2.66. The summed E-state index contributed by atoms with van der Waals surface area (Å²) in [5, 5.41) is 14.6. The second kappa shape index (κ2) is 3.84. The fourth-order valence-corrected chi connectivity index (χ4v) is 1.45. The Bertz CT molecular complexity index is 618. The van der Waals surface area contributed by atoms with Crippen molar-refractivity contribution in [2.75, 3.05) is 0 Å². The Morgan fingerprint density at radius 3 is 2.94 bits per heavy atom. The van der Waals surface area contributed by atoms with E-state index < -0.39 is 4.92 Å². The normalized spacial score (nSPS) is 9.75. The molecule has 0 bridgehead atoms. The number of hydrogen-bond donors (Lipinski definition) is 0. The maximum absolute atomic E-state index is 10.9. The van der Waals surface area contributed by atoms with Crippen LogP contribution in [0, 0.1) is 10.1 Å². The van der Waals surface area contributed by atoms with Gasteiger partial charge in [-0.25, -0.2) is 0 Å². The highest BCUT2D eigenvalue weighted by atomic mass is 16.6. The summed E-state index contributed by atoms with van der Waals surface area (Å²) < 4.78 is 0. The molecule has 0 fully saturated rings. The van der Waals surface area contributed by atoms with Gasteiger partial charge in [0.1, 0.15) is 5.69 Å². The molecule has 2 aromatic rings. The van der Waals surface area contributed by atoms with Crippen LogP contribution in [0.1, 0.15) is 0 Å². The average molecular weight is 215 g/mol. The quantitative estimate of drug-likeness (QED) is 0.252. The Morgan fingerprint density at radius 1 is 1.44 bits per heavy atom. The molecule has 0 amide bonds. The van der Waals surface area contributed by atoms with Crippen molar-refractivity contribution >= 4 is 22.3 Å². The Kier molecular flexibility index (Phi) is 2.37. The van der Waals surface area contributed by atoms with E-state index in [9.17, 15) is 10.1 Å². The molecular weight excluding hydrogens is 210 g/mol. The van der Waals surface area contributed by atoms with Gasteiger partial charge < -0.3 is 0 Å². The molecule has 1 aromatic heterocycles. The third kappa shape index (κ3) is 1.51. The first-order valence-corrected chi connectivity index (χ1v) is 4.31. The minimum atomic E-state index is -0.575. The van der Waals surface area contributed by atoms with Gasteiger partial charge in [0.2, 0.25) is 0 Å². The third-order valence-electron chi connectivity index (χ3n) is 2.07. The van der Waals surface area contributed by atoms with Crippen LogP contribution in [0.3, 0.4) is 0 Å². The fourth-order valence-electron chi connectivity index (χ4n) is 1.45. The molecule has 1 aromatic carbocycles. The van der Waals surface area contributed by atoms with Gasteiger partial charge in [-0.15, -0.1) is 0 Å². The number of nitro groups is 1. The zero-order chi connectivity index (χ0) is 11.5. The van der Waals surface area contributed by atoms with Crippen molar-refractivity contribution < 1.29 is 4.92 Å². The fraction of sp³-hybridized carbons (Fsp3) is 0. The minimum absolute atomic E-state index is 0.00648. The van der Waals surface area contributed by atoms with E-state index in [0.717, 1.165) is 0 Å². The largest absolute Gasteiger partial charge is 0.288 e. The molecular formula is C9H5N5O2. The van der Waals surface area contributed by atoms with Crippen molar-refractivity contribution in [1.82, 2.24) is 4.98 Å². The van der Waals surface area contributed by atoms with Crippen molar-refractivity contribution in [2.24, 2.45) is 5.11 Å². The van der Waals surface area contributed by atoms with Crippen molar-refractivity contribution in [3.63, 3.8) is 0 Å². The van der Waals surface area contributed by atoms with Gasteiger partial charge in [0, 0.05) is 11.1 Å². The molecule has 2 rings (SSSR count). The maximum Gasteiger partial charge on any atom is 0.288 e. The number of benzene rings is 1. The van der Waals surface area contributed by atoms with Gasteiger partial charge in [-0.2, -0.15) is 0 Å². The smallest absolute Gasteiger partial charge is 0.258 e. The van der Waals surface area contributed by atoms with Crippen molar-refractivity contribution in [1.29, 1.82) is 0 Å². The highest BCUT2D eigenvalue weighted by molar-refractivity contribution is 5.93. The predicted molar refractivity (Wildman–Crippen MR) is 57.2 cm³/mol. The van der Waals surface area contributed by atoms with Crippen LogP contribution in [-0.2, 0) is 0 Å². The number of nitro benzene ring substituents is 1. The summed E-state index contributed by atoms with van der Waals surface area (Å²) in [6.45, 7) is 0. The molecule has 0 atom stereocenters. The predicted octanol–water partition coefficient (Wildman–Crippen LogP) is 3.08. The molecule has 0 aliphatic rings. The lowest BCUT2D eigenvalue weighted by Crippen LogP contribution is -1.91. The van der Waals surface area contributed by atoms with Gasteiger partial charge in [-0.05, 0) is 29.8 Å². The summed E-state index contributed by atoms with van der Waals surface area (Å²) in [5.74, 6) is 0. The topological polar surface area (TPSA) is 105 Å². The Morgan fingerprint density at radius 2 is 2.25 bits per heavy atom. The van der Waals surface area contributed by atoms with Gasteiger partial charge in [-0.3, -0.25) is 15.1 Å². The molecule has 0 spiro atoms. The second-order valence-corrected chi connectivity index (χ2v) is 2.95. The number of aromatic nitrogens is 1. The summed E-state index contributed by atoms with van der Waals surface area (Å²) in [5.41, 5.74) is 8.58. The number of rotatable bonds is 2. The molecule has 16 heavy (non-hydrogen) atoms. The Balaban J connectivity index is 2.89. The van der Waals surface area contributed by atoms with E-state index >= 15 is 0 Å². The summed E-state index contributed by atoms with van der Waals surface area (Å²) in [6, 6.07) is 6.12. The molecule has 0 unspecified atom stereocenters. The van der Waals surface area contributed by atoms with Gasteiger partial charge in [0.05, 0.1) is 15.8 Å². The summed E-state index contributed by atoms with van der Waals surface area (Å²) in [7, 11) is 0. The maximum atomic E-state index is 10.9. The first kappa shape index (κ1) is 9.88. The number of fused-ring (bicyclic) bond motifs is 1. The molecule has 78 valence electrons. The van der Waals surface area contributed by atoms with E-state index in [1.54, 1.807) is 24.4 Å². The Labute approximate surface area is 89.1 Å². The summed E-state index contributed by atoms with van der Waals surface area (Å²) in [4.78, 5) is 16.9. The molecule has 0 radical (unpaired) electrons. The highest BCUT2D eigenvalue weighted by Crippen LogP contribution is 2.34. The van der Waals surface area contributed by atoms with E-state index in [2.05, 4.69) is 15.0 Å². The first-order chi connectivity index (χ1) is 7.74. The summed E-state index contributed by atoms with van der Waals surface area (Å²) in [6.07, 6.45) is 1.54. The molecule has 7 heteroatoms. The van der Waals surface area contributed by atoms with E-state index in [1.807, 2.05) is 0 Å². The van der Waals surface area contributed by atoms with Crippen LogP contribution in [0.15, 0.2) is 35.6 Å². The van der Waals surface area contributed by atoms with Crippen LogP contribution < -0.4 is 0 Å². The van der Waals surface area contributed by atoms with Crippen LogP contribution in [-0.4, -0.2) is 9.91 Å². The van der Waals surface area contributed by atoms with Gasteiger partial charge in [-0.1, -0.05) is 5.11 Å². The van der Waals surface area contributed by atoms with Gasteiger partial charge >= 0.3 is 0 Å². The number of azide groups is 1. The molecule has 0 saturated heterocycles. The lowest BCUT2D eigenvalue weighted by atomic mass is 10.1. The van der Waals surface area contributed by atoms with Gasteiger partial charge in [0.15, 0.2) is 0 Å². The first-order valence-electron chi connectivity index (χ1n) is 4.31. The lowest BCUT2D eigenvalue weighted by Gasteiger charge is -2.00. The summed E-state index contributed by atoms with van der Waals surface area (Å²) >= 11 is 0. The van der Waals surface area contributed by atoms with Crippen LogP contribution >= 0.6 is 0 Å². The second-order valence-electron chi connectivity index (χ2n) is 2.95. The molecule has 0 N–H and O–H groups in total. The number of nitrogens with zero attached hydrogens (tertiary/aromatic N) is 5. The minimum Gasteiger partial charge on any atom is -0.258 e. The van der Waals surface area contributed by atoms with E-state index in [0.29, 0.717) is 10.9 Å². The average Bonchev–Trinajstić information content (AvgIpc) is 2.28. The number of hydrogen-bond acceptors (Lipinski definition) is 4. The van der Waals surface area contributed by atoms with Crippen LogP contribution in [0.4, 0.5) is 11.4 Å². The van der Waals surface area contributed by atoms with Crippen molar-refractivity contribution in [2.45, 2.75) is 0 Å². The SMILES string of the molecule is [N-]=[N+]=Nc1ccc2ncccc2c1[N+](=O)[O-]. The van der Waals surface area contributed by atoms with Crippen LogP contribution in [0.5, 0.6) is 0 Å². The van der Waals surface area contributed by atoms with E-state index in [-0.39, 0.29) is 11.4 Å². The monoisotopic (exact) mass is 215 g/mol. The van der Waals surface area contributed by atoms with Crippen molar-refractivity contribution in [3.8, 4) is 0 Å². The zero-order valence-electron chi connectivity index (χ0n) is 7.94. The van der Waals surface area contributed by atoms with Gasteiger partial charge in [0.25, 0.3) is 5.69 Å². The molecule has 0 saturated carbocycles. The molecule has 1 heterocycles. The van der Waals surface area contributed by atoms with Crippen LogP contribution in [0.2, 0.25) is 0 Å². The molecule has 0 aliphatic heterocycles. The zero-order valence-corrected chi connectivity index (χ0v) is 7.94. The highest BCUT2D eigenvalue weighted by Gasteiger charge is 2.17. The lowest BCUT2D eigenvalue weighted by molar-refractivity contribution is -0.382. The van der Waals surface area contributed by atoms with Crippen LogP contribution in [0.25, 0.3) is 21.3 Å². The van der Waals surface area contributed by atoms with Crippen molar-refractivity contribution in [3.05, 3.63) is 51.0 Å². The van der Waals surface area contributed by atoms with E-state index in [1.165, 1.54) is 6.07 Å². The number of pyridine rings is 1. The molecule has 0 aliphatic carbocycles.